The minimum Gasteiger partial charge on any atom is -0.391 e. The molecule has 16 heavy (non-hydrogen) atoms. The van der Waals surface area contributed by atoms with Crippen molar-refractivity contribution >= 4 is 0 Å². The predicted octanol–water partition coefficient (Wildman–Crippen LogP) is 2.42. The number of rotatable bonds is 4. The summed E-state index contributed by atoms with van der Waals surface area (Å²) in [5, 5.41) is 13.6. The number of benzene rings is 1. The van der Waals surface area contributed by atoms with Gasteiger partial charge >= 0.3 is 0 Å². The highest BCUT2D eigenvalue weighted by Gasteiger charge is 2.30. The molecule has 0 spiro atoms. The molecule has 2 nitrogen and oxygen atoms in total. The second kappa shape index (κ2) is 4.98. The van der Waals surface area contributed by atoms with Crippen molar-refractivity contribution < 1.29 is 5.11 Å². The Morgan fingerprint density at radius 1 is 1.44 bits per heavy atom. The summed E-state index contributed by atoms with van der Waals surface area (Å²) in [5.41, 5.74) is 2.56. The van der Waals surface area contributed by atoms with Crippen LogP contribution in [0.3, 0.4) is 0 Å². The summed E-state index contributed by atoms with van der Waals surface area (Å²) in [6.07, 6.45) is 2.85. The average molecular weight is 219 g/mol. The third-order valence-corrected chi connectivity index (χ3v) is 3.39. The molecule has 1 unspecified atom stereocenters. The molecule has 0 aromatic heterocycles. The molecule has 1 aromatic carbocycles. The van der Waals surface area contributed by atoms with Gasteiger partial charge in [0, 0.05) is 12.5 Å². The molecular weight excluding hydrogens is 198 g/mol. The van der Waals surface area contributed by atoms with Crippen molar-refractivity contribution in [1.82, 2.24) is 5.32 Å². The minimum atomic E-state index is -0.267. The number of fused-ring (bicyclic) bond motifs is 1. The molecule has 0 bridgehead atoms. The fourth-order valence-electron chi connectivity index (χ4n) is 2.60. The molecule has 1 aliphatic rings. The van der Waals surface area contributed by atoms with Crippen LogP contribution in [0.1, 0.15) is 43.9 Å². The van der Waals surface area contributed by atoms with Gasteiger partial charge in [0.25, 0.3) is 0 Å². The van der Waals surface area contributed by atoms with Crippen LogP contribution in [0, 0.1) is 0 Å². The molecule has 1 aromatic rings. The van der Waals surface area contributed by atoms with Crippen molar-refractivity contribution in [3.05, 3.63) is 35.4 Å². The van der Waals surface area contributed by atoms with Crippen molar-refractivity contribution in [2.45, 2.75) is 51.3 Å². The highest BCUT2D eigenvalue weighted by atomic mass is 16.3. The van der Waals surface area contributed by atoms with Gasteiger partial charge in [0.2, 0.25) is 0 Å². The summed E-state index contributed by atoms with van der Waals surface area (Å²) in [5.74, 6) is 0. The number of aliphatic hydroxyl groups is 1. The van der Waals surface area contributed by atoms with Gasteiger partial charge in [0.05, 0.1) is 12.1 Å². The number of aliphatic hydroxyl groups excluding tert-OH is 1. The zero-order chi connectivity index (χ0) is 11.5. The Morgan fingerprint density at radius 3 is 2.94 bits per heavy atom. The van der Waals surface area contributed by atoms with Gasteiger partial charge in [-0.25, -0.2) is 0 Å². The Hall–Kier alpha value is -0.860. The molecular formula is C14H21NO. The van der Waals surface area contributed by atoms with E-state index in [2.05, 4.69) is 37.4 Å². The fraction of sp³-hybridized carbons (Fsp3) is 0.571. The Morgan fingerprint density at radius 2 is 2.19 bits per heavy atom. The van der Waals surface area contributed by atoms with Crippen LogP contribution in [-0.2, 0) is 6.42 Å². The fourth-order valence-corrected chi connectivity index (χ4v) is 2.60. The van der Waals surface area contributed by atoms with Crippen molar-refractivity contribution in [2.24, 2.45) is 0 Å². The van der Waals surface area contributed by atoms with Crippen molar-refractivity contribution in [3.63, 3.8) is 0 Å². The Bertz CT molecular complexity index is 350. The molecule has 2 N–H and O–H groups in total. The lowest BCUT2D eigenvalue weighted by Crippen LogP contribution is -2.35. The van der Waals surface area contributed by atoms with E-state index in [9.17, 15) is 5.11 Å². The molecule has 2 rings (SSSR count). The standard InChI is InChI=1S/C14H21NO/c1-3-6-10(2)15-14-12-8-5-4-7-11(12)9-13(14)16/h4-5,7-8,10,13-16H,3,6,9H2,1-2H3/t10?,13-,14+/m0/s1. The first-order valence-corrected chi connectivity index (χ1v) is 6.24. The van der Waals surface area contributed by atoms with Gasteiger partial charge < -0.3 is 10.4 Å². The third kappa shape index (κ3) is 2.28. The highest BCUT2D eigenvalue weighted by molar-refractivity contribution is 5.36. The van der Waals surface area contributed by atoms with Gasteiger partial charge in [0.15, 0.2) is 0 Å². The van der Waals surface area contributed by atoms with E-state index >= 15 is 0 Å². The summed E-state index contributed by atoms with van der Waals surface area (Å²) in [7, 11) is 0. The number of nitrogens with one attached hydrogen (secondary N) is 1. The summed E-state index contributed by atoms with van der Waals surface area (Å²) in [6.45, 7) is 4.38. The number of hydrogen-bond donors (Lipinski definition) is 2. The summed E-state index contributed by atoms with van der Waals surface area (Å²) < 4.78 is 0. The van der Waals surface area contributed by atoms with E-state index in [1.54, 1.807) is 0 Å². The zero-order valence-corrected chi connectivity index (χ0v) is 10.1. The lowest BCUT2D eigenvalue weighted by Gasteiger charge is -2.22. The Kier molecular flexibility index (Phi) is 3.62. The van der Waals surface area contributed by atoms with E-state index in [0.717, 1.165) is 12.8 Å². The van der Waals surface area contributed by atoms with Gasteiger partial charge in [0.1, 0.15) is 0 Å². The highest BCUT2D eigenvalue weighted by Crippen LogP contribution is 2.31. The molecule has 0 saturated heterocycles. The van der Waals surface area contributed by atoms with E-state index in [1.165, 1.54) is 17.5 Å². The van der Waals surface area contributed by atoms with Crippen LogP contribution in [0.15, 0.2) is 24.3 Å². The van der Waals surface area contributed by atoms with Crippen molar-refractivity contribution in [3.8, 4) is 0 Å². The van der Waals surface area contributed by atoms with Crippen LogP contribution < -0.4 is 5.32 Å². The quantitative estimate of drug-likeness (QED) is 0.815. The maximum absolute atomic E-state index is 10.1. The zero-order valence-electron chi connectivity index (χ0n) is 10.1. The van der Waals surface area contributed by atoms with Crippen LogP contribution in [-0.4, -0.2) is 17.3 Å². The maximum Gasteiger partial charge on any atom is 0.0775 e. The van der Waals surface area contributed by atoms with E-state index in [0.29, 0.717) is 6.04 Å². The normalized spacial score (nSPS) is 25.4. The molecule has 88 valence electrons. The van der Waals surface area contributed by atoms with Crippen LogP contribution in [0.4, 0.5) is 0 Å². The molecule has 1 aliphatic carbocycles. The lowest BCUT2D eigenvalue weighted by atomic mass is 10.1. The molecule has 0 radical (unpaired) electrons. The molecule has 0 amide bonds. The molecule has 0 aliphatic heterocycles. The van der Waals surface area contributed by atoms with E-state index < -0.39 is 0 Å². The molecule has 0 heterocycles. The first-order chi connectivity index (χ1) is 7.72. The third-order valence-electron chi connectivity index (χ3n) is 3.39. The van der Waals surface area contributed by atoms with Crippen molar-refractivity contribution in [2.75, 3.05) is 0 Å². The predicted molar refractivity (Wildman–Crippen MR) is 66.4 cm³/mol. The van der Waals surface area contributed by atoms with Gasteiger partial charge in [-0.1, -0.05) is 37.6 Å². The van der Waals surface area contributed by atoms with Crippen molar-refractivity contribution in [1.29, 1.82) is 0 Å². The van der Waals surface area contributed by atoms with Crippen LogP contribution in [0.2, 0.25) is 0 Å². The SMILES string of the molecule is CCCC(C)N[C@@H]1c2ccccc2C[C@@H]1O. The second-order valence-corrected chi connectivity index (χ2v) is 4.80. The topological polar surface area (TPSA) is 32.3 Å². The molecule has 0 saturated carbocycles. The second-order valence-electron chi connectivity index (χ2n) is 4.80. The van der Waals surface area contributed by atoms with Gasteiger partial charge in [-0.15, -0.1) is 0 Å². The first kappa shape index (κ1) is 11.6. The maximum atomic E-state index is 10.1. The Balaban J connectivity index is 2.10. The van der Waals surface area contributed by atoms with Crippen LogP contribution in [0.25, 0.3) is 0 Å². The van der Waals surface area contributed by atoms with E-state index in [-0.39, 0.29) is 12.1 Å². The largest absolute Gasteiger partial charge is 0.391 e. The molecule has 3 atom stereocenters. The van der Waals surface area contributed by atoms with Gasteiger partial charge in [-0.2, -0.15) is 0 Å². The molecule has 0 fully saturated rings. The van der Waals surface area contributed by atoms with Gasteiger partial charge in [-0.3, -0.25) is 0 Å². The Labute approximate surface area is 97.7 Å². The van der Waals surface area contributed by atoms with Crippen LogP contribution >= 0.6 is 0 Å². The van der Waals surface area contributed by atoms with Crippen LogP contribution in [0.5, 0.6) is 0 Å². The van der Waals surface area contributed by atoms with Gasteiger partial charge in [-0.05, 0) is 24.5 Å². The van der Waals surface area contributed by atoms with E-state index in [4.69, 9.17) is 0 Å². The lowest BCUT2D eigenvalue weighted by molar-refractivity contribution is 0.135. The smallest absolute Gasteiger partial charge is 0.0775 e. The summed E-state index contributed by atoms with van der Waals surface area (Å²) in [6, 6.07) is 8.93. The summed E-state index contributed by atoms with van der Waals surface area (Å²) >= 11 is 0. The monoisotopic (exact) mass is 219 g/mol. The number of hydrogen-bond acceptors (Lipinski definition) is 2. The summed E-state index contributed by atoms with van der Waals surface area (Å²) in [4.78, 5) is 0. The average Bonchev–Trinajstić information content (AvgIpc) is 2.56. The molecule has 2 heteroatoms. The van der Waals surface area contributed by atoms with E-state index in [1.807, 2.05) is 6.07 Å². The first-order valence-electron chi connectivity index (χ1n) is 6.24. The minimum absolute atomic E-state index is 0.123.